The zero-order valence-electron chi connectivity index (χ0n) is 7.00. The minimum Gasteiger partial charge on any atom is -0.396 e. The second kappa shape index (κ2) is 4.69. The highest BCUT2D eigenvalue weighted by Crippen LogP contribution is 2.26. The van der Waals surface area contributed by atoms with Crippen LogP contribution in [0.1, 0.15) is 11.5 Å². The van der Waals surface area contributed by atoms with Crippen molar-refractivity contribution >= 4 is 15.9 Å². The smallest absolute Gasteiger partial charge is 0.127 e. The first-order valence-electron chi connectivity index (χ1n) is 3.95. The van der Waals surface area contributed by atoms with Gasteiger partial charge in [-0.3, -0.25) is 0 Å². The molecular weight excluding hydrogens is 237 g/mol. The average molecular weight is 248 g/mol. The van der Waals surface area contributed by atoms with Crippen molar-refractivity contribution in [3.63, 3.8) is 0 Å². The predicted octanol–water partition coefficient (Wildman–Crippen LogP) is 1.62. The Kier molecular flexibility index (Phi) is 3.84. The van der Waals surface area contributed by atoms with E-state index in [-0.39, 0.29) is 24.9 Å². The second-order valence-corrected chi connectivity index (χ2v) is 3.60. The molecule has 13 heavy (non-hydrogen) atoms. The number of nitrogens with two attached hydrogens (primary N) is 1. The van der Waals surface area contributed by atoms with E-state index in [1.807, 2.05) is 0 Å². The van der Waals surface area contributed by atoms with Gasteiger partial charge in [0.1, 0.15) is 5.82 Å². The molecule has 2 nitrogen and oxygen atoms in total. The molecule has 0 spiro atoms. The van der Waals surface area contributed by atoms with E-state index in [0.29, 0.717) is 10.0 Å². The summed E-state index contributed by atoms with van der Waals surface area (Å²) in [4.78, 5) is 0. The summed E-state index contributed by atoms with van der Waals surface area (Å²) in [6.45, 7) is 0.0894. The Morgan fingerprint density at radius 2 is 2.23 bits per heavy atom. The summed E-state index contributed by atoms with van der Waals surface area (Å²) in [6.07, 6.45) is 0. The van der Waals surface area contributed by atoms with Crippen molar-refractivity contribution in [2.24, 2.45) is 5.73 Å². The summed E-state index contributed by atoms with van der Waals surface area (Å²) in [6, 6.07) is 4.70. The van der Waals surface area contributed by atoms with E-state index in [0.717, 1.165) is 0 Å². The first-order chi connectivity index (χ1) is 6.20. The van der Waals surface area contributed by atoms with Crippen LogP contribution in [0.3, 0.4) is 0 Å². The zero-order chi connectivity index (χ0) is 9.84. The largest absolute Gasteiger partial charge is 0.396 e. The number of hydrogen-bond acceptors (Lipinski definition) is 2. The Bertz CT molecular complexity index is 269. The van der Waals surface area contributed by atoms with E-state index in [4.69, 9.17) is 10.8 Å². The fourth-order valence-corrected chi connectivity index (χ4v) is 1.85. The molecule has 1 aromatic rings. The Balaban J connectivity index is 3.10. The monoisotopic (exact) mass is 247 g/mol. The molecule has 0 aliphatic carbocycles. The standard InChI is InChI=1S/C9H11BrFNO/c10-7-2-1-3-8(11)9(7)6(4-12)5-13/h1-3,6,13H,4-5,12H2. The number of halogens is 2. The van der Waals surface area contributed by atoms with Crippen molar-refractivity contribution in [1.82, 2.24) is 0 Å². The van der Waals surface area contributed by atoms with Crippen LogP contribution >= 0.6 is 15.9 Å². The van der Waals surface area contributed by atoms with Crippen LogP contribution in [0.15, 0.2) is 22.7 Å². The minimum absolute atomic E-state index is 0.143. The van der Waals surface area contributed by atoms with Gasteiger partial charge in [0.2, 0.25) is 0 Å². The highest BCUT2D eigenvalue weighted by atomic mass is 79.9. The van der Waals surface area contributed by atoms with Gasteiger partial charge in [0, 0.05) is 22.5 Å². The van der Waals surface area contributed by atoms with Crippen LogP contribution in [0.4, 0.5) is 4.39 Å². The third-order valence-corrected chi connectivity index (χ3v) is 2.60. The average Bonchev–Trinajstić information content (AvgIpc) is 2.11. The molecule has 0 heterocycles. The summed E-state index contributed by atoms with van der Waals surface area (Å²) in [5.41, 5.74) is 5.86. The molecule has 4 heteroatoms. The van der Waals surface area contributed by atoms with Gasteiger partial charge in [-0.2, -0.15) is 0 Å². The normalized spacial score (nSPS) is 12.9. The van der Waals surface area contributed by atoms with Crippen LogP contribution in [0.25, 0.3) is 0 Å². The van der Waals surface area contributed by atoms with Crippen LogP contribution in [-0.2, 0) is 0 Å². The van der Waals surface area contributed by atoms with Crippen LogP contribution in [0, 0.1) is 5.82 Å². The first kappa shape index (κ1) is 10.6. The molecule has 1 rings (SSSR count). The molecule has 0 aliphatic heterocycles. The Morgan fingerprint density at radius 1 is 1.54 bits per heavy atom. The van der Waals surface area contributed by atoms with Gasteiger partial charge in [-0.05, 0) is 12.1 Å². The molecule has 3 N–H and O–H groups in total. The molecule has 0 aromatic heterocycles. The lowest BCUT2D eigenvalue weighted by Gasteiger charge is -2.14. The van der Waals surface area contributed by atoms with Gasteiger partial charge >= 0.3 is 0 Å². The topological polar surface area (TPSA) is 46.2 Å². The maximum absolute atomic E-state index is 13.3. The van der Waals surface area contributed by atoms with E-state index in [1.54, 1.807) is 12.1 Å². The van der Waals surface area contributed by atoms with Gasteiger partial charge in [0.15, 0.2) is 0 Å². The molecule has 0 radical (unpaired) electrons. The first-order valence-corrected chi connectivity index (χ1v) is 4.74. The molecule has 0 amide bonds. The molecule has 72 valence electrons. The quantitative estimate of drug-likeness (QED) is 0.853. The molecule has 1 aromatic carbocycles. The Morgan fingerprint density at radius 3 is 2.69 bits per heavy atom. The molecule has 0 fully saturated rings. The van der Waals surface area contributed by atoms with Gasteiger partial charge < -0.3 is 10.8 Å². The van der Waals surface area contributed by atoms with E-state index < -0.39 is 0 Å². The highest BCUT2D eigenvalue weighted by molar-refractivity contribution is 9.10. The van der Waals surface area contributed by atoms with Crippen molar-refractivity contribution in [1.29, 1.82) is 0 Å². The van der Waals surface area contributed by atoms with Crippen molar-refractivity contribution in [2.75, 3.05) is 13.2 Å². The Hall–Kier alpha value is -0.450. The molecule has 0 saturated carbocycles. The van der Waals surface area contributed by atoms with Gasteiger partial charge in [-0.15, -0.1) is 0 Å². The van der Waals surface area contributed by atoms with E-state index in [2.05, 4.69) is 15.9 Å². The summed E-state index contributed by atoms with van der Waals surface area (Å²) in [5, 5.41) is 8.96. The molecule has 0 aliphatic rings. The van der Waals surface area contributed by atoms with Gasteiger partial charge in [0.05, 0.1) is 6.61 Å². The van der Waals surface area contributed by atoms with Crippen molar-refractivity contribution in [3.05, 3.63) is 34.1 Å². The van der Waals surface area contributed by atoms with Gasteiger partial charge in [-0.25, -0.2) is 4.39 Å². The maximum Gasteiger partial charge on any atom is 0.127 e. The SMILES string of the molecule is NCC(CO)c1c(F)cccc1Br. The van der Waals surface area contributed by atoms with Gasteiger partial charge in [-0.1, -0.05) is 22.0 Å². The summed E-state index contributed by atoms with van der Waals surface area (Å²) in [5.74, 6) is -0.672. The third kappa shape index (κ3) is 2.27. The highest BCUT2D eigenvalue weighted by Gasteiger charge is 2.15. The zero-order valence-corrected chi connectivity index (χ0v) is 8.59. The fraction of sp³-hybridized carbons (Fsp3) is 0.333. The van der Waals surface area contributed by atoms with Crippen LogP contribution < -0.4 is 5.73 Å². The van der Waals surface area contributed by atoms with E-state index >= 15 is 0 Å². The Labute approximate surface area is 84.7 Å². The second-order valence-electron chi connectivity index (χ2n) is 2.75. The molecule has 0 saturated heterocycles. The van der Waals surface area contributed by atoms with Crippen molar-refractivity contribution in [3.8, 4) is 0 Å². The number of aliphatic hydroxyl groups is 1. The molecule has 0 bridgehead atoms. The van der Waals surface area contributed by atoms with Gasteiger partial charge in [0.25, 0.3) is 0 Å². The summed E-state index contributed by atoms with van der Waals surface area (Å²) < 4.78 is 13.9. The van der Waals surface area contributed by atoms with Crippen LogP contribution in [-0.4, -0.2) is 18.3 Å². The summed E-state index contributed by atoms with van der Waals surface area (Å²) >= 11 is 3.22. The predicted molar refractivity (Wildman–Crippen MR) is 53.0 cm³/mol. The lowest BCUT2D eigenvalue weighted by atomic mass is 10.00. The van der Waals surface area contributed by atoms with Crippen molar-refractivity contribution in [2.45, 2.75) is 5.92 Å². The van der Waals surface area contributed by atoms with Crippen LogP contribution in [0.5, 0.6) is 0 Å². The summed E-state index contributed by atoms with van der Waals surface area (Å²) in [7, 11) is 0. The lowest BCUT2D eigenvalue weighted by molar-refractivity contribution is 0.265. The fourth-order valence-electron chi connectivity index (χ4n) is 1.18. The maximum atomic E-state index is 13.3. The molecule has 1 unspecified atom stereocenters. The number of aliphatic hydroxyl groups excluding tert-OH is 1. The number of rotatable bonds is 3. The molecular formula is C9H11BrFNO. The van der Waals surface area contributed by atoms with Crippen molar-refractivity contribution < 1.29 is 9.50 Å². The van der Waals surface area contributed by atoms with E-state index in [9.17, 15) is 4.39 Å². The minimum atomic E-state index is -0.337. The number of hydrogen-bond donors (Lipinski definition) is 2. The van der Waals surface area contributed by atoms with Crippen LogP contribution in [0.2, 0.25) is 0 Å². The van der Waals surface area contributed by atoms with E-state index in [1.165, 1.54) is 6.07 Å². The number of benzene rings is 1. The lowest BCUT2D eigenvalue weighted by Crippen LogP contribution is -2.17. The molecule has 1 atom stereocenters. The third-order valence-electron chi connectivity index (χ3n) is 1.91.